The monoisotopic (exact) mass is 349 g/mol. The van der Waals surface area contributed by atoms with Crippen LogP contribution < -0.4 is 4.74 Å². The lowest BCUT2D eigenvalue weighted by molar-refractivity contribution is 0.0776. The van der Waals surface area contributed by atoms with Crippen molar-refractivity contribution in [3.8, 4) is 11.9 Å². The Hall–Kier alpha value is -2.91. The van der Waals surface area contributed by atoms with Crippen molar-refractivity contribution in [3.05, 3.63) is 59.1 Å². The summed E-state index contributed by atoms with van der Waals surface area (Å²) < 4.78 is 6.96. The molecule has 1 aliphatic heterocycles. The highest BCUT2D eigenvalue weighted by molar-refractivity contribution is 7.20. The summed E-state index contributed by atoms with van der Waals surface area (Å²) in [7, 11) is 0. The Bertz CT molecular complexity index is 943. The number of pyridine rings is 1. The quantitative estimate of drug-likeness (QED) is 0.726. The molecule has 1 saturated heterocycles. The zero-order chi connectivity index (χ0) is 17.2. The average Bonchev–Trinajstić information content (AvgIpc) is 3.28. The van der Waals surface area contributed by atoms with Crippen molar-refractivity contribution < 1.29 is 9.53 Å². The van der Waals surface area contributed by atoms with E-state index in [4.69, 9.17) is 10.00 Å². The lowest BCUT2D eigenvalue weighted by Gasteiger charge is -2.16. The first-order valence-corrected chi connectivity index (χ1v) is 8.85. The number of thiophene rings is 1. The zero-order valence-electron chi connectivity index (χ0n) is 13.4. The maximum Gasteiger partial charge on any atom is 0.264 e. The molecule has 1 fully saturated rings. The van der Waals surface area contributed by atoms with Gasteiger partial charge in [-0.2, -0.15) is 5.26 Å². The van der Waals surface area contributed by atoms with Gasteiger partial charge in [0.2, 0.25) is 5.88 Å². The minimum atomic E-state index is -0.0974. The maximum atomic E-state index is 12.7. The topological polar surface area (TPSA) is 66.2 Å². The molecule has 3 heterocycles. The number of amides is 1. The van der Waals surface area contributed by atoms with Crippen LogP contribution in [0.25, 0.3) is 10.1 Å². The van der Waals surface area contributed by atoms with E-state index in [0.717, 1.165) is 21.4 Å². The molecule has 4 rings (SSSR count). The van der Waals surface area contributed by atoms with E-state index < -0.39 is 0 Å². The molecule has 1 unspecified atom stereocenters. The van der Waals surface area contributed by atoms with Gasteiger partial charge in [0.1, 0.15) is 6.10 Å². The Morgan fingerprint density at radius 2 is 2.20 bits per heavy atom. The summed E-state index contributed by atoms with van der Waals surface area (Å²) in [6.45, 7) is 1.20. The molecule has 0 bridgehead atoms. The number of ether oxygens (including phenoxy) is 1. The lowest BCUT2D eigenvalue weighted by atomic mass is 10.2. The Kier molecular flexibility index (Phi) is 4.08. The molecule has 5 nitrogen and oxygen atoms in total. The van der Waals surface area contributed by atoms with Crippen LogP contribution >= 0.6 is 11.3 Å². The normalized spacial score (nSPS) is 16.8. The lowest BCUT2D eigenvalue weighted by Crippen LogP contribution is -2.30. The first-order valence-electron chi connectivity index (χ1n) is 8.03. The highest BCUT2D eigenvalue weighted by Crippen LogP contribution is 2.27. The molecule has 0 spiro atoms. The van der Waals surface area contributed by atoms with Gasteiger partial charge in [-0.3, -0.25) is 4.79 Å². The molecule has 1 amide bonds. The summed E-state index contributed by atoms with van der Waals surface area (Å²) in [6, 6.07) is 15.3. The van der Waals surface area contributed by atoms with Crippen LogP contribution in [0.15, 0.2) is 48.7 Å². The Labute approximate surface area is 149 Å². The Morgan fingerprint density at radius 1 is 1.32 bits per heavy atom. The zero-order valence-corrected chi connectivity index (χ0v) is 14.2. The fourth-order valence-electron chi connectivity index (χ4n) is 2.97. The molecule has 0 N–H and O–H groups in total. The largest absolute Gasteiger partial charge is 0.472 e. The number of nitriles is 1. The van der Waals surface area contributed by atoms with Crippen molar-refractivity contribution in [2.45, 2.75) is 12.5 Å². The first kappa shape index (κ1) is 15.6. The van der Waals surface area contributed by atoms with Gasteiger partial charge in [0.25, 0.3) is 5.91 Å². The molecule has 25 heavy (non-hydrogen) atoms. The Balaban J connectivity index is 1.44. The van der Waals surface area contributed by atoms with Gasteiger partial charge < -0.3 is 9.64 Å². The second-order valence-corrected chi connectivity index (χ2v) is 7.01. The smallest absolute Gasteiger partial charge is 0.264 e. The molecular weight excluding hydrogens is 334 g/mol. The van der Waals surface area contributed by atoms with E-state index in [1.54, 1.807) is 18.3 Å². The van der Waals surface area contributed by atoms with E-state index in [-0.39, 0.29) is 12.0 Å². The van der Waals surface area contributed by atoms with Crippen LogP contribution in [-0.2, 0) is 0 Å². The molecule has 1 aliphatic rings. The molecule has 1 atom stereocenters. The van der Waals surface area contributed by atoms with Crippen LogP contribution in [0, 0.1) is 11.3 Å². The fourth-order valence-corrected chi connectivity index (χ4v) is 4.00. The number of nitrogens with zero attached hydrogens (tertiary/aromatic N) is 3. The van der Waals surface area contributed by atoms with Crippen LogP contribution in [0.4, 0.5) is 0 Å². The Morgan fingerprint density at radius 3 is 3.04 bits per heavy atom. The van der Waals surface area contributed by atoms with Crippen LogP contribution in [0.3, 0.4) is 0 Å². The van der Waals surface area contributed by atoms with Crippen LogP contribution in [0.1, 0.15) is 21.7 Å². The number of fused-ring (bicyclic) bond motifs is 1. The highest BCUT2D eigenvalue weighted by Gasteiger charge is 2.29. The molecule has 3 aromatic rings. The average molecular weight is 349 g/mol. The molecule has 124 valence electrons. The maximum absolute atomic E-state index is 12.7. The second kappa shape index (κ2) is 6.54. The second-order valence-electron chi connectivity index (χ2n) is 5.92. The van der Waals surface area contributed by atoms with E-state index in [9.17, 15) is 4.79 Å². The van der Waals surface area contributed by atoms with E-state index in [2.05, 4.69) is 11.1 Å². The number of rotatable bonds is 3. The van der Waals surface area contributed by atoms with Gasteiger partial charge in [-0.25, -0.2) is 4.98 Å². The molecular formula is C19H15N3O2S. The number of carbonyl (C=O) groups is 1. The van der Waals surface area contributed by atoms with E-state index in [0.29, 0.717) is 24.5 Å². The van der Waals surface area contributed by atoms with Crippen LogP contribution in [-0.4, -0.2) is 35.0 Å². The van der Waals surface area contributed by atoms with E-state index >= 15 is 0 Å². The molecule has 2 aromatic heterocycles. The number of likely N-dealkylation sites (tertiary alicyclic amines) is 1. The predicted octanol–water partition coefficient (Wildman–Crippen LogP) is 3.46. The molecule has 0 radical (unpaired) electrons. The molecule has 1 aromatic carbocycles. The van der Waals surface area contributed by atoms with Crippen molar-refractivity contribution >= 4 is 27.3 Å². The summed E-state index contributed by atoms with van der Waals surface area (Å²) in [4.78, 5) is 19.4. The summed E-state index contributed by atoms with van der Waals surface area (Å²) in [5.74, 6) is 0.478. The van der Waals surface area contributed by atoms with Crippen LogP contribution in [0.5, 0.6) is 5.88 Å². The van der Waals surface area contributed by atoms with Crippen molar-refractivity contribution in [3.63, 3.8) is 0 Å². The van der Waals surface area contributed by atoms with Crippen molar-refractivity contribution in [2.24, 2.45) is 0 Å². The standard InChI is InChI=1S/C19H15N3O2S/c20-11-13-5-7-21-18(9-13)24-15-6-8-22(12-15)19(23)17-10-14-3-1-2-4-16(14)25-17/h1-5,7,9-10,15H,6,8,12H2. The summed E-state index contributed by atoms with van der Waals surface area (Å²) in [6.07, 6.45) is 2.22. The third kappa shape index (κ3) is 3.19. The van der Waals surface area contributed by atoms with Crippen molar-refractivity contribution in [1.82, 2.24) is 9.88 Å². The van der Waals surface area contributed by atoms with E-state index in [1.165, 1.54) is 11.3 Å². The summed E-state index contributed by atoms with van der Waals surface area (Å²) in [5.41, 5.74) is 0.515. The highest BCUT2D eigenvalue weighted by atomic mass is 32.1. The predicted molar refractivity (Wildman–Crippen MR) is 95.7 cm³/mol. The van der Waals surface area contributed by atoms with Gasteiger partial charge in [-0.15, -0.1) is 11.3 Å². The van der Waals surface area contributed by atoms with Gasteiger partial charge in [0.05, 0.1) is 23.1 Å². The number of aromatic nitrogens is 1. The van der Waals surface area contributed by atoms with Gasteiger partial charge >= 0.3 is 0 Å². The van der Waals surface area contributed by atoms with Gasteiger partial charge in [-0.1, -0.05) is 18.2 Å². The third-order valence-electron chi connectivity index (χ3n) is 4.22. The number of carbonyl (C=O) groups excluding carboxylic acids is 1. The fraction of sp³-hybridized carbons (Fsp3) is 0.211. The molecule has 6 heteroatoms. The van der Waals surface area contributed by atoms with Crippen molar-refractivity contribution in [2.75, 3.05) is 13.1 Å². The van der Waals surface area contributed by atoms with Gasteiger partial charge in [-0.05, 0) is 23.6 Å². The minimum Gasteiger partial charge on any atom is -0.472 e. The minimum absolute atomic E-state index is 0.0473. The molecule has 0 aliphatic carbocycles. The SMILES string of the molecule is N#Cc1ccnc(OC2CCN(C(=O)c3cc4ccccc4s3)C2)c1. The number of hydrogen-bond acceptors (Lipinski definition) is 5. The number of benzene rings is 1. The van der Waals surface area contributed by atoms with Gasteiger partial charge in [0.15, 0.2) is 0 Å². The van der Waals surface area contributed by atoms with Crippen molar-refractivity contribution in [1.29, 1.82) is 5.26 Å². The molecule has 0 saturated carbocycles. The van der Waals surface area contributed by atoms with Crippen LogP contribution in [0.2, 0.25) is 0 Å². The third-order valence-corrected chi connectivity index (χ3v) is 5.32. The summed E-state index contributed by atoms with van der Waals surface area (Å²) >= 11 is 1.52. The summed E-state index contributed by atoms with van der Waals surface area (Å²) in [5, 5.41) is 10.0. The number of hydrogen-bond donors (Lipinski definition) is 0. The first-order chi connectivity index (χ1) is 12.2. The van der Waals surface area contributed by atoms with Gasteiger partial charge in [0, 0.05) is 29.9 Å². The van der Waals surface area contributed by atoms with E-state index in [1.807, 2.05) is 35.2 Å².